The Labute approximate surface area is 93.1 Å². The molecule has 0 unspecified atom stereocenters. The standard InChI is InChI=1S/C12H12O2S/c1-7-4-5-9-8(6-7)10(13)11(14)12(2,3)15-9/h4-6H,1-3H3. The molecule has 0 spiro atoms. The molecule has 2 rings (SSSR count). The van der Waals surface area contributed by atoms with E-state index in [9.17, 15) is 9.59 Å². The minimum absolute atomic E-state index is 0.300. The van der Waals surface area contributed by atoms with Gasteiger partial charge in [0.2, 0.25) is 11.6 Å². The first-order valence-electron chi connectivity index (χ1n) is 4.80. The molecule has 0 atom stereocenters. The minimum Gasteiger partial charge on any atom is -0.289 e. The molecule has 0 aromatic heterocycles. The van der Waals surface area contributed by atoms with Gasteiger partial charge in [-0.3, -0.25) is 9.59 Å². The summed E-state index contributed by atoms with van der Waals surface area (Å²) in [6, 6.07) is 5.67. The van der Waals surface area contributed by atoms with Crippen LogP contribution in [0.25, 0.3) is 0 Å². The molecule has 0 saturated carbocycles. The van der Waals surface area contributed by atoms with Crippen LogP contribution in [0.1, 0.15) is 29.8 Å². The molecule has 15 heavy (non-hydrogen) atoms. The van der Waals surface area contributed by atoms with Crippen LogP contribution >= 0.6 is 11.8 Å². The second kappa shape index (κ2) is 3.20. The van der Waals surface area contributed by atoms with Crippen molar-refractivity contribution >= 4 is 23.3 Å². The van der Waals surface area contributed by atoms with E-state index in [0.29, 0.717) is 5.56 Å². The van der Waals surface area contributed by atoms with Crippen LogP contribution in [0.3, 0.4) is 0 Å². The average Bonchev–Trinajstić information content (AvgIpc) is 2.16. The van der Waals surface area contributed by atoms with E-state index in [1.54, 1.807) is 19.9 Å². The fourth-order valence-electron chi connectivity index (χ4n) is 1.63. The highest BCUT2D eigenvalue weighted by molar-refractivity contribution is 8.01. The molecule has 2 nitrogen and oxygen atoms in total. The molecule has 0 radical (unpaired) electrons. The fraction of sp³-hybridized carbons (Fsp3) is 0.333. The minimum atomic E-state index is -0.626. The third kappa shape index (κ3) is 1.61. The SMILES string of the molecule is Cc1ccc2c(c1)C(=O)C(=O)C(C)(C)S2. The molecule has 0 amide bonds. The fourth-order valence-corrected chi connectivity index (χ4v) is 2.76. The summed E-state index contributed by atoms with van der Waals surface area (Å²) in [6.45, 7) is 5.50. The van der Waals surface area contributed by atoms with Crippen molar-refractivity contribution in [3.05, 3.63) is 29.3 Å². The van der Waals surface area contributed by atoms with Crippen molar-refractivity contribution in [2.45, 2.75) is 30.4 Å². The predicted octanol–water partition coefficient (Wildman–Crippen LogP) is 2.63. The number of fused-ring (bicyclic) bond motifs is 1. The molecule has 1 aliphatic heterocycles. The number of carbonyl (C=O) groups excluding carboxylic acids is 2. The zero-order chi connectivity index (χ0) is 11.2. The number of thioether (sulfide) groups is 1. The molecule has 1 aliphatic rings. The zero-order valence-corrected chi connectivity index (χ0v) is 9.77. The van der Waals surface area contributed by atoms with Crippen molar-refractivity contribution in [1.82, 2.24) is 0 Å². The molecule has 1 heterocycles. The third-order valence-corrected chi connectivity index (χ3v) is 3.77. The first-order valence-corrected chi connectivity index (χ1v) is 5.62. The molecule has 0 fully saturated rings. The molecule has 1 aromatic rings. The summed E-state index contributed by atoms with van der Waals surface area (Å²) in [4.78, 5) is 24.5. The molecular formula is C12H12O2S. The summed E-state index contributed by atoms with van der Waals surface area (Å²) in [5, 5.41) is 0. The predicted molar refractivity (Wildman–Crippen MR) is 60.5 cm³/mol. The van der Waals surface area contributed by atoms with E-state index in [0.717, 1.165) is 10.5 Å². The summed E-state index contributed by atoms with van der Waals surface area (Å²) in [5.41, 5.74) is 1.57. The van der Waals surface area contributed by atoms with Crippen LogP contribution < -0.4 is 0 Å². The molecule has 0 aliphatic carbocycles. The highest BCUT2D eigenvalue weighted by Crippen LogP contribution is 2.40. The van der Waals surface area contributed by atoms with E-state index in [4.69, 9.17) is 0 Å². The van der Waals surface area contributed by atoms with Crippen molar-refractivity contribution in [3.63, 3.8) is 0 Å². The smallest absolute Gasteiger partial charge is 0.231 e. The van der Waals surface area contributed by atoms with Crippen molar-refractivity contribution < 1.29 is 9.59 Å². The van der Waals surface area contributed by atoms with Gasteiger partial charge in [-0.05, 0) is 32.9 Å². The van der Waals surface area contributed by atoms with E-state index in [1.807, 2.05) is 19.1 Å². The lowest BCUT2D eigenvalue weighted by atomic mass is 9.97. The van der Waals surface area contributed by atoms with Gasteiger partial charge in [0, 0.05) is 10.5 Å². The van der Waals surface area contributed by atoms with Crippen LogP contribution in [0, 0.1) is 6.92 Å². The van der Waals surface area contributed by atoms with Gasteiger partial charge in [0.25, 0.3) is 0 Å². The van der Waals surface area contributed by atoms with E-state index in [1.165, 1.54) is 11.8 Å². The molecule has 0 N–H and O–H groups in total. The maximum atomic E-state index is 11.8. The van der Waals surface area contributed by atoms with Gasteiger partial charge >= 0.3 is 0 Å². The average molecular weight is 220 g/mol. The normalized spacial score (nSPS) is 18.9. The third-order valence-electron chi connectivity index (χ3n) is 2.50. The lowest BCUT2D eigenvalue weighted by Crippen LogP contribution is -2.38. The Morgan fingerprint density at radius 3 is 2.53 bits per heavy atom. The van der Waals surface area contributed by atoms with Crippen LogP contribution in [-0.4, -0.2) is 16.3 Å². The Kier molecular flexibility index (Phi) is 2.23. The van der Waals surface area contributed by atoms with Crippen LogP contribution in [0.4, 0.5) is 0 Å². The van der Waals surface area contributed by atoms with E-state index >= 15 is 0 Å². The topological polar surface area (TPSA) is 34.1 Å². The van der Waals surface area contributed by atoms with Crippen LogP contribution in [0.2, 0.25) is 0 Å². The van der Waals surface area contributed by atoms with Crippen LogP contribution in [0.5, 0.6) is 0 Å². The van der Waals surface area contributed by atoms with Gasteiger partial charge in [-0.25, -0.2) is 0 Å². The Hall–Kier alpha value is -1.09. The first kappa shape index (κ1) is 10.4. The van der Waals surface area contributed by atoms with Crippen LogP contribution in [0.15, 0.2) is 23.1 Å². The summed E-state index contributed by atoms with van der Waals surface area (Å²) in [7, 11) is 0. The maximum Gasteiger partial charge on any atom is 0.231 e. The van der Waals surface area contributed by atoms with Crippen molar-refractivity contribution in [1.29, 1.82) is 0 Å². The summed E-state index contributed by atoms with van der Waals surface area (Å²) in [6.07, 6.45) is 0. The molecule has 0 saturated heterocycles. The van der Waals surface area contributed by atoms with Gasteiger partial charge in [0.15, 0.2) is 0 Å². The number of benzene rings is 1. The van der Waals surface area contributed by atoms with Gasteiger partial charge < -0.3 is 0 Å². The zero-order valence-electron chi connectivity index (χ0n) is 8.96. The molecular weight excluding hydrogens is 208 g/mol. The highest BCUT2D eigenvalue weighted by Gasteiger charge is 2.40. The number of ketones is 2. The van der Waals surface area contributed by atoms with Crippen LogP contribution in [-0.2, 0) is 4.79 Å². The monoisotopic (exact) mass is 220 g/mol. The second-order valence-electron chi connectivity index (χ2n) is 4.27. The summed E-state index contributed by atoms with van der Waals surface area (Å²) < 4.78 is -0.626. The number of Topliss-reactive ketones (excluding diaryl/α,β-unsaturated/α-hetero) is 2. The first-order chi connectivity index (χ1) is 6.92. The van der Waals surface area contributed by atoms with E-state index in [2.05, 4.69) is 0 Å². The summed E-state index contributed by atoms with van der Waals surface area (Å²) >= 11 is 1.46. The van der Waals surface area contributed by atoms with Gasteiger partial charge in [0.05, 0.1) is 4.75 Å². The lowest BCUT2D eigenvalue weighted by Gasteiger charge is -2.27. The highest BCUT2D eigenvalue weighted by atomic mass is 32.2. The molecule has 3 heteroatoms. The van der Waals surface area contributed by atoms with E-state index in [-0.39, 0.29) is 11.6 Å². The number of aryl methyl sites for hydroxylation is 1. The summed E-state index contributed by atoms with van der Waals surface area (Å²) in [5.74, 6) is -0.650. The molecule has 1 aromatic carbocycles. The number of hydrogen-bond donors (Lipinski definition) is 0. The number of carbonyl (C=O) groups is 2. The van der Waals surface area contributed by atoms with Gasteiger partial charge in [0.1, 0.15) is 0 Å². The number of hydrogen-bond acceptors (Lipinski definition) is 3. The van der Waals surface area contributed by atoms with Gasteiger partial charge in [-0.1, -0.05) is 11.6 Å². The second-order valence-corrected chi connectivity index (χ2v) is 5.93. The molecule has 0 bridgehead atoms. The quantitative estimate of drug-likeness (QED) is 0.630. The van der Waals surface area contributed by atoms with Gasteiger partial charge in [-0.15, -0.1) is 11.8 Å². The van der Waals surface area contributed by atoms with Crippen molar-refractivity contribution in [3.8, 4) is 0 Å². The Balaban J connectivity index is 2.60. The van der Waals surface area contributed by atoms with Gasteiger partial charge in [-0.2, -0.15) is 0 Å². The van der Waals surface area contributed by atoms with E-state index < -0.39 is 4.75 Å². The Morgan fingerprint density at radius 1 is 1.20 bits per heavy atom. The maximum absolute atomic E-state index is 11.8. The largest absolute Gasteiger partial charge is 0.289 e. The molecule has 78 valence electrons. The number of rotatable bonds is 0. The Bertz CT molecular complexity index is 461. The van der Waals surface area contributed by atoms with Crippen molar-refractivity contribution in [2.75, 3.05) is 0 Å². The van der Waals surface area contributed by atoms with Crippen molar-refractivity contribution in [2.24, 2.45) is 0 Å². The Morgan fingerprint density at radius 2 is 1.87 bits per heavy atom. The lowest BCUT2D eigenvalue weighted by molar-refractivity contribution is -0.116.